The highest BCUT2D eigenvalue weighted by Gasteiger charge is 2.19. The van der Waals surface area contributed by atoms with Gasteiger partial charge in [-0.2, -0.15) is 5.10 Å². The van der Waals surface area contributed by atoms with E-state index in [1.54, 1.807) is 6.92 Å². The van der Waals surface area contributed by atoms with E-state index < -0.39 is 10.0 Å². The van der Waals surface area contributed by atoms with E-state index in [1.165, 1.54) is 0 Å². The van der Waals surface area contributed by atoms with Crippen LogP contribution in [0.1, 0.15) is 18.2 Å². The Balaban J connectivity index is 2.26. The number of hydrogen-bond acceptors (Lipinski definition) is 4. The summed E-state index contributed by atoms with van der Waals surface area (Å²) in [6.07, 6.45) is 0.857. The van der Waals surface area contributed by atoms with Crippen molar-refractivity contribution in [2.24, 2.45) is 0 Å². The van der Waals surface area contributed by atoms with Crippen molar-refractivity contribution in [3.63, 3.8) is 0 Å². The van der Waals surface area contributed by atoms with Crippen molar-refractivity contribution < 1.29 is 8.42 Å². The maximum Gasteiger partial charge on any atom is 0.233 e. The Bertz CT molecular complexity index is 451. The molecule has 0 spiro atoms. The van der Waals surface area contributed by atoms with Gasteiger partial charge in [-0.25, -0.2) is 8.42 Å². The number of nitrogens with one attached hydrogen (secondary N) is 3. The lowest BCUT2D eigenvalue weighted by Gasteiger charge is -2.13. The molecule has 0 aliphatic carbocycles. The molecule has 0 saturated heterocycles. The summed E-state index contributed by atoms with van der Waals surface area (Å²) in [6.45, 7) is 3.16. The van der Waals surface area contributed by atoms with Crippen molar-refractivity contribution in [1.29, 1.82) is 0 Å². The van der Waals surface area contributed by atoms with Crippen molar-refractivity contribution in [2.75, 3.05) is 17.0 Å². The average Bonchev–Trinajstić information content (AvgIpc) is 2.62. The van der Waals surface area contributed by atoms with Gasteiger partial charge >= 0.3 is 0 Å². The molecular weight excluding hydrogens is 216 g/mol. The first-order chi connectivity index (χ1) is 7.12. The molecule has 0 amide bonds. The van der Waals surface area contributed by atoms with Crippen LogP contribution in [0.4, 0.5) is 5.82 Å². The molecule has 6 nitrogen and oxygen atoms in total. The average molecular weight is 230 g/mol. The van der Waals surface area contributed by atoms with Crippen LogP contribution in [0.25, 0.3) is 0 Å². The number of aromatic nitrogens is 2. The van der Waals surface area contributed by atoms with Gasteiger partial charge in [0.15, 0.2) is 5.82 Å². The molecule has 2 heterocycles. The molecule has 1 aliphatic heterocycles. The maximum atomic E-state index is 11.4. The first-order valence-corrected chi connectivity index (χ1v) is 6.55. The molecular formula is C8H14N4O2S. The van der Waals surface area contributed by atoms with Crippen molar-refractivity contribution >= 4 is 15.8 Å². The van der Waals surface area contributed by atoms with Gasteiger partial charge in [0.2, 0.25) is 10.0 Å². The zero-order valence-electron chi connectivity index (χ0n) is 8.50. The Labute approximate surface area is 88.5 Å². The third kappa shape index (κ3) is 2.13. The van der Waals surface area contributed by atoms with E-state index in [1.807, 2.05) is 0 Å². The molecule has 2 rings (SSSR count). The van der Waals surface area contributed by atoms with E-state index in [2.05, 4.69) is 20.2 Å². The smallest absolute Gasteiger partial charge is 0.233 e. The number of hydrogen-bond donors (Lipinski definition) is 3. The summed E-state index contributed by atoms with van der Waals surface area (Å²) in [4.78, 5) is 0. The molecule has 1 aromatic rings. The summed E-state index contributed by atoms with van der Waals surface area (Å²) in [5, 5.41) is 10.0. The molecule has 0 aromatic carbocycles. The minimum absolute atomic E-state index is 0.0576. The summed E-state index contributed by atoms with van der Waals surface area (Å²) < 4.78 is 25.2. The Morgan fingerprint density at radius 3 is 3.07 bits per heavy atom. The SMILES string of the molecule is CCS(=O)(=O)Nc1n[nH]c2c1CNCC2. The first-order valence-electron chi connectivity index (χ1n) is 4.89. The zero-order chi connectivity index (χ0) is 10.9. The molecule has 0 radical (unpaired) electrons. The molecule has 7 heteroatoms. The van der Waals surface area contributed by atoms with Gasteiger partial charge in [-0.1, -0.05) is 0 Å². The summed E-state index contributed by atoms with van der Waals surface area (Å²) in [5.74, 6) is 0.487. The number of nitrogens with zero attached hydrogens (tertiary/aromatic N) is 1. The number of aromatic amines is 1. The van der Waals surface area contributed by atoms with Crippen LogP contribution in [0.3, 0.4) is 0 Å². The van der Waals surface area contributed by atoms with Gasteiger partial charge in [-0.05, 0) is 6.92 Å². The number of rotatable bonds is 3. The topological polar surface area (TPSA) is 86.9 Å². The molecule has 0 atom stereocenters. The van der Waals surface area contributed by atoms with Gasteiger partial charge in [0, 0.05) is 30.8 Å². The van der Waals surface area contributed by atoms with Crippen LogP contribution in [0.2, 0.25) is 0 Å². The van der Waals surface area contributed by atoms with Crippen molar-refractivity contribution in [3.8, 4) is 0 Å². The second-order valence-electron chi connectivity index (χ2n) is 3.46. The second-order valence-corrected chi connectivity index (χ2v) is 5.47. The number of H-pyrrole nitrogens is 1. The monoisotopic (exact) mass is 230 g/mol. The summed E-state index contributed by atoms with van der Waals surface area (Å²) in [7, 11) is -3.24. The summed E-state index contributed by atoms with van der Waals surface area (Å²) in [5.41, 5.74) is 1.95. The van der Waals surface area contributed by atoms with Crippen LogP contribution in [-0.4, -0.2) is 30.9 Å². The van der Waals surface area contributed by atoms with Gasteiger partial charge in [0.1, 0.15) is 0 Å². The number of fused-ring (bicyclic) bond motifs is 1. The maximum absolute atomic E-state index is 11.4. The van der Waals surface area contributed by atoms with Gasteiger partial charge in [-0.3, -0.25) is 9.82 Å². The molecule has 84 valence electrons. The van der Waals surface area contributed by atoms with E-state index in [9.17, 15) is 8.42 Å². The Morgan fingerprint density at radius 2 is 2.33 bits per heavy atom. The third-order valence-corrected chi connectivity index (χ3v) is 3.70. The molecule has 0 saturated carbocycles. The van der Waals surface area contributed by atoms with Crippen LogP contribution < -0.4 is 10.0 Å². The van der Waals surface area contributed by atoms with E-state index in [0.717, 1.165) is 24.2 Å². The largest absolute Gasteiger partial charge is 0.312 e. The fourth-order valence-electron chi connectivity index (χ4n) is 1.53. The molecule has 15 heavy (non-hydrogen) atoms. The van der Waals surface area contributed by atoms with Gasteiger partial charge in [-0.15, -0.1) is 0 Å². The standard InChI is InChI=1S/C8H14N4O2S/c1-2-15(13,14)12-8-6-5-9-4-3-7(6)10-11-8/h9H,2-5H2,1H3,(H2,10,11,12). The zero-order valence-corrected chi connectivity index (χ0v) is 9.32. The summed E-state index contributed by atoms with van der Waals surface area (Å²) >= 11 is 0. The van der Waals surface area contributed by atoms with Crippen molar-refractivity contribution in [1.82, 2.24) is 15.5 Å². The van der Waals surface area contributed by atoms with Crippen LogP contribution >= 0.6 is 0 Å². The second kappa shape index (κ2) is 3.82. The van der Waals surface area contributed by atoms with E-state index in [-0.39, 0.29) is 5.75 Å². The van der Waals surface area contributed by atoms with Gasteiger partial charge < -0.3 is 5.32 Å². The fraction of sp³-hybridized carbons (Fsp3) is 0.625. The third-order valence-electron chi connectivity index (χ3n) is 2.44. The first kappa shape index (κ1) is 10.4. The number of anilines is 1. The summed E-state index contributed by atoms with van der Waals surface area (Å²) in [6, 6.07) is 0. The lowest BCUT2D eigenvalue weighted by molar-refractivity contribution is 0.602. The van der Waals surface area contributed by atoms with E-state index in [0.29, 0.717) is 12.4 Å². The Hall–Kier alpha value is -1.08. The quantitative estimate of drug-likeness (QED) is 0.672. The molecule has 1 aliphatic rings. The molecule has 0 fully saturated rings. The Morgan fingerprint density at radius 1 is 1.53 bits per heavy atom. The molecule has 0 unspecified atom stereocenters. The van der Waals surface area contributed by atoms with E-state index >= 15 is 0 Å². The van der Waals surface area contributed by atoms with Crippen LogP contribution in [-0.2, 0) is 23.0 Å². The fourth-order valence-corrected chi connectivity index (χ4v) is 2.14. The lowest BCUT2D eigenvalue weighted by Crippen LogP contribution is -2.24. The predicted octanol–water partition coefficient (Wildman–Crippen LogP) is -0.183. The highest BCUT2D eigenvalue weighted by Crippen LogP contribution is 2.20. The van der Waals surface area contributed by atoms with Crippen LogP contribution in [0, 0.1) is 0 Å². The molecule has 0 bridgehead atoms. The van der Waals surface area contributed by atoms with E-state index in [4.69, 9.17) is 0 Å². The normalized spacial score (nSPS) is 16.1. The Kier molecular flexibility index (Phi) is 2.66. The lowest BCUT2D eigenvalue weighted by atomic mass is 10.1. The predicted molar refractivity (Wildman–Crippen MR) is 57.1 cm³/mol. The van der Waals surface area contributed by atoms with Crippen molar-refractivity contribution in [2.45, 2.75) is 19.9 Å². The van der Waals surface area contributed by atoms with Gasteiger partial charge in [0.25, 0.3) is 0 Å². The highest BCUT2D eigenvalue weighted by atomic mass is 32.2. The highest BCUT2D eigenvalue weighted by molar-refractivity contribution is 7.92. The molecule has 3 N–H and O–H groups in total. The minimum Gasteiger partial charge on any atom is -0.312 e. The molecule has 1 aromatic heterocycles. The van der Waals surface area contributed by atoms with Crippen molar-refractivity contribution in [3.05, 3.63) is 11.3 Å². The van der Waals surface area contributed by atoms with Crippen LogP contribution in [0.15, 0.2) is 0 Å². The van der Waals surface area contributed by atoms with Gasteiger partial charge in [0.05, 0.1) is 5.75 Å². The van der Waals surface area contributed by atoms with Crippen LogP contribution in [0.5, 0.6) is 0 Å². The minimum atomic E-state index is -3.24. The number of sulfonamides is 1.